The predicted octanol–water partition coefficient (Wildman–Crippen LogP) is 5.81. The standard InChI is InChI=1S/C27H31ClF3N3O2/c1-3-27(17-19-4-6-20(29)7-5-19,25-24(28)26(35)32-33(25)2)34-13-10-18(11-14-34)12-15-36-21-8-9-22(30)23(31)16-21/h4-9,16,18H,3,10-15,17H2,1-2H3,(H,32,35). The average molecular weight is 522 g/mol. The molecule has 1 unspecified atom stereocenters. The Hall–Kier alpha value is -2.71. The molecule has 0 amide bonds. The summed E-state index contributed by atoms with van der Waals surface area (Å²) in [5.41, 5.74) is 0.831. The third-order valence-electron chi connectivity index (χ3n) is 7.35. The number of nitrogens with zero attached hydrogens (tertiary/aromatic N) is 2. The van der Waals surface area contributed by atoms with Gasteiger partial charge in [-0.05, 0) is 80.9 Å². The lowest BCUT2D eigenvalue weighted by atomic mass is 9.80. The summed E-state index contributed by atoms with van der Waals surface area (Å²) in [5.74, 6) is -1.37. The smallest absolute Gasteiger partial charge is 0.283 e. The van der Waals surface area contributed by atoms with Crippen molar-refractivity contribution in [3.63, 3.8) is 0 Å². The van der Waals surface area contributed by atoms with E-state index in [0.717, 1.165) is 55.7 Å². The fourth-order valence-electron chi connectivity index (χ4n) is 5.39. The van der Waals surface area contributed by atoms with Gasteiger partial charge in [0.2, 0.25) is 0 Å². The van der Waals surface area contributed by atoms with Crippen LogP contribution in [0.1, 0.15) is 43.9 Å². The number of rotatable bonds is 9. The van der Waals surface area contributed by atoms with Crippen LogP contribution in [0.15, 0.2) is 47.3 Å². The summed E-state index contributed by atoms with van der Waals surface area (Å²) in [4.78, 5) is 14.8. The molecule has 0 spiro atoms. The molecule has 4 rings (SSSR count). The molecule has 3 aromatic rings. The van der Waals surface area contributed by atoms with E-state index in [2.05, 4.69) is 16.9 Å². The van der Waals surface area contributed by atoms with Crippen LogP contribution in [0.5, 0.6) is 5.75 Å². The van der Waals surface area contributed by atoms with E-state index in [1.54, 1.807) is 23.9 Å². The van der Waals surface area contributed by atoms with Crippen molar-refractivity contribution >= 4 is 11.6 Å². The van der Waals surface area contributed by atoms with Gasteiger partial charge in [-0.2, -0.15) is 0 Å². The van der Waals surface area contributed by atoms with Crippen LogP contribution >= 0.6 is 11.6 Å². The summed E-state index contributed by atoms with van der Waals surface area (Å²) in [5, 5.41) is 2.97. The van der Waals surface area contributed by atoms with Crippen LogP contribution in [-0.2, 0) is 19.0 Å². The van der Waals surface area contributed by atoms with Gasteiger partial charge in [0.1, 0.15) is 16.6 Å². The molecule has 1 aromatic heterocycles. The van der Waals surface area contributed by atoms with Crippen molar-refractivity contribution in [1.29, 1.82) is 0 Å². The molecule has 1 aliphatic heterocycles. The van der Waals surface area contributed by atoms with Gasteiger partial charge < -0.3 is 4.74 Å². The van der Waals surface area contributed by atoms with E-state index in [9.17, 15) is 18.0 Å². The van der Waals surface area contributed by atoms with Gasteiger partial charge in [0, 0.05) is 13.1 Å². The van der Waals surface area contributed by atoms with Crippen LogP contribution in [0.3, 0.4) is 0 Å². The molecule has 2 heterocycles. The van der Waals surface area contributed by atoms with Gasteiger partial charge in [0.15, 0.2) is 11.6 Å². The summed E-state index contributed by atoms with van der Waals surface area (Å²) in [7, 11) is 1.79. The molecular formula is C27H31ClF3N3O2. The maximum Gasteiger partial charge on any atom is 0.283 e. The highest BCUT2D eigenvalue weighted by molar-refractivity contribution is 6.31. The summed E-state index contributed by atoms with van der Waals surface area (Å²) in [6.45, 7) is 4.09. The molecule has 2 aromatic carbocycles. The van der Waals surface area contributed by atoms with Crippen LogP contribution in [0.25, 0.3) is 0 Å². The number of H-pyrrole nitrogens is 1. The molecule has 1 saturated heterocycles. The first-order valence-electron chi connectivity index (χ1n) is 12.3. The Morgan fingerprint density at radius 2 is 1.78 bits per heavy atom. The highest BCUT2D eigenvalue weighted by Gasteiger charge is 2.43. The van der Waals surface area contributed by atoms with Crippen molar-refractivity contribution in [2.45, 2.75) is 44.6 Å². The van der Waals surface area contributed by atoms with Gasteiger partial charge in [0.25, 0.3) is 5.56 Å². The van der Waals surface area contributed by atoms with E-state index in [0.29, 0.717) is 31.1 Å². The molecule has 1 N–H and O–H groups in total. The van der Waals surface area contributed by atoms with Crippen molar-refractivity contribution in [1.82, 2.24) is 14.7 Å². The second-order valence-corrected chi connectivity index (χ2v) is 9.87. The second kappa shape index (κ2) is 11.1. The minimum Gasteiger partial charge on any atom is -0.493 e. The highest BCUT2D eigenvalue weighted by Crippen LogP contribution is 2.41. The van der Waals surface area contributed by atoms with Gasteiger partial charge in [-0.15, -0.1) is 0 Å². The zero-order chi connectivity index (χ0) is 25.9. The fraction of sp³-hybridized carbons (Fsp3) is 0.444. The number of piperidine rings is 1. The molecule has 0 saturated carbocycles. The molecule has 1 fully saturated rings. The second-order valence-electron chi connectivity index (χ2n) is 9.49. The molecule has 9 heteroatoms. The zero-order valence-corrected chi connectivity index (χ0v) is 21.3. The average Bonchev–Trinajstić information content (AvgIpc) is 3.13. The third-order valence-corrected chi connectivity index (χ3v) is 7.70. The topological polar surface area (TPSA) is 50.3 Å². The maximum absolute atomic E-state index is 13.6. The normalized spacial score (nSPS) is 16.7. The highest BCUT2D eigenvalue weighted by atomic mass is 35.5. The van der Waals surface area contributed by atoms with Crippen LogP contribution in [0, 0.1) is 23.4 Å². The summed E-state index contributed by atoms with van der Waals surface area (Å²) < 4.78 is 47.5. The van der Waals surface area contributed by atoms with E-state index in [1.165, 1.54) is 18.2 Å². The van der Waals surface area contributed by atoms with Crippen LogP contribution in [0.4, 0.5) is 13.2 Å². The lowest BCUT2D eigenvalue weighted by Crippen LogP contribution is -2.52. The molecule has 0 aliphatic carbocycles. The minimum atomic E-state index is -0.921. The van der Waals surface area contributed by atoms with Gasteiger partial charge in [-0.3, -0.25) is 19.5 Å². The Morgan fingerprint density at radius 1 is 1.08 bits per heavy atom. The van der Waals surface area contributed by atoms with E-state index < -0.39 is 17.2 Å². The lowest BCUT2D eigenvalue weighted by Gasteiger charge is -2.47. The molecular weight excluding hydrogens is 491 g/mol. The number of aromatic nitrogens is 2. The Labute approximate surface area is 213 Å². The molecule has 0 radical (unpaired) electrons. The third kappa shape index (κ3) is 5.49. The summed E-state index contributed by atoms with van der Waals surface area (Å²) in [6, 6.07) is 10.0. The van der Waals surface area contributed by atoms with Gasteiger partial charge in [0.05, 0.1) is 17.8 Å². The minimum absolute atomic E-state index is 0.184. The summed E-state index contributed by atoms with van der Waals surface area (Å²) in [6.07, 6.45) is 3.93. The molecule has 1 atom stereocenters. The van der Waals surface area contributed by atoms with Gasteiger partial charge in [-0.1, -0.05) is 30.7 Å². The largest absolute Gasteiger partial charge is 0.493 e. The number of halogens is 4. The molecule has 194 valence electrons. The van der Waals surface area contributed by atoms with E-state index >= 15 is 0 Å². The van der Waals surface area contributed by atoms with E-state index in [-0.39, 0.29) is 16.4 Å². The number of likely N-dealkylation sites (tertiary alicyclic amines) is 1. The van der Waals surface area contributed by atoms with Crippen molar-refractivity contribution in [2.75, 3.05) is 19.7 Å². The Bertz CT molecular complexity index is 1240. The Morgan fingerprint density at radius 3 is 2.36 bits per heavy atom. The Kier molecular flexibility index (Phi) is 8.15. The maximum atomic E-state index is 13.6. The fourth-order valence-corrected chi connectivity index (χ4v) is 5.73. The van der Waals surface area contributed by atoms with Crippen molar-refractivity contribution in [3.8, 4) is 5.75 Å². The quantitative estimate of drug-likeness (QED) is 0.386. The molecule has 1 aliphatic rings. The lowest BCUT2D eigenvalue weighted by molar-refractivity contribution is 0.0329. The van der Waals surface area contributed by atoms with Crippen LogP contribution in [-0.4, -0.2) is 34.4 Å². The van der Waals surface area contributed by atoms with Crippen LogP contribution in [0.2, 0.25) is 5.02 Å². The van der Waals surface area contributed by atoms with Crippen molar-refractivity contribution in [3.05, 3.63) is 86.6 Å². The first-order valence-corrected chi connectivity index (χ1v) is 12.6. The number of ether oxygens (including phenoxy) is 1. The Balaban J connectivity index is 1.48. The van der Waals surface area contributed by atoms with Crippen molar-refractivity contribution in [2.24, 2.45) is 13.0 Å². The number of hydrogen-bond donors (Lipinski definition) is 1. The molecule has 36 heavy (non-hydrogen) atoms. The monoisotopic (exact) mass is 521 g/mol. The molecule has 0 bridgehead atoms. The molecule has 5 nitrogen and oxygen atoms in total. The van der Waals surface area contributed by atoms with Gasteiger partial charge in [-0.25, -0.2) is 13.2 Å². The zero-order valence-electron chi connectivity index (χ0n) is 20.5. The number of aryl methyl sites for hydroxylation is 1. The first kappa shape index (κ1) is 26.4. The first-order chi connectivity index (χ1) is 17.2. The number of aromatic amines is 1. The van der Waals surface area contributed by atoms with Crippen molar-refractivity contribution < 1.29 is 17.9 Å². The van der Waals surface area contributed by atoms with E-state index in [1.807, 2.05) is 0 Å². The number of nitrogens with one attached hydrogen (secondary N) is 1. The van der Waals surface area contributed by atoms with Crippen LogP contribution < -0.4 is 10.3 Å². The SMILES string of the molecule is CCC(Cc1ccc(F)cc1)(c1c(Cl)c(=O)[nH]n1C)N1CCC(CCOc2ccc(F)c(F)c2)CC1. The van der Waals surface area contributed by atoms with Gasteiger partial charge >= 0.3 is 0 Å². The number of hydrogen-bond acceptors (Lipinski definition) is 3. The summed E-state index contributed by atoms with van der Waals surface area (Å²) >= 11 is 6.55. The van der Waals surface area contributed by atoms with E-state index in [4.69, 9.17) is 16.3 Å². The predicted molar refractivity (Wildman–Crippen MR) is 134 cm³/mol. The number of benzene rings is 2.